The molecule has 1 aromatic rings. The van der Waals surface area contributed by atoms with E-state index in [0.717, 1.165) is 22.0 Å². The summed E-state index contributed by atoms with van der Waals surface area (Å²) in [5.74, 6) is 0.179. The summed E-state index contributed by atoms with van der Waals surface area (Å²) in [7, 11) is 0. The maximum atomic E-state index is 11.5. The molecule has 0 unspecified atom stereocenters. The van der Waals surface area contributed by atoms with E-state index in [-0.39, 0.29) is 5.78 Å². The minimum atomic E-state index is 0.179. The molecule has 0 atom stereocenters. The van der Waals surface area contributed by atoms with Gasteiger partial charge in [0.1, 0.15) is 0 Å². The van der Waals surface area contributed by atoms with Gasteiger partial charge >= 0.3 is 0 Å². The van der Waals surface area contributed by atoms with E-state index < -0.39 is 0 Å². The molecule has 1 aromatic carbocycles. The van der Waals surface area contributed by atoms with Crippen LogP contribution in [0.2, 0.25) is 5.02 Å². The van der Waals surface area contributed by atoms with Crippen molar-refractivity contribution in [2.75, 3.05) is 0 Å². The Bertz CT molecular complexity index is 403. The number of carbonyl (C=O) groups is 1. The first kappa shape index (κ1) is 9.94. The average molecular weight is 272 g/mol. The highest BCUT2D eigenvalue weighted by molar-refractivity contribution is 9.10. The van der Waals surface area contributed by atoms with E-state index in [0.29, 0.717) is 11.4 Å². The third-order valence-electron chi connectivity index (χ3n) is 2.25. The first-order valence-corrected chi connectivity index (χ1v) is 5.55. The van der Waals surface area contributed by atoms with Crippen LogP contribution in [0.25, 0.3) is 5.57 Å². The summed E-state index contributed by atoms with van der Waals surface area (Å²) in [5, 5.41) is 0.626. The Hall–Kier alpha value is -0.600. The number of hydrogen-bond donors (Lipinski definition) is 0. The molecule has 0 bridgehead atoms. The van der Waals surface area contributed by atoms with Gasteiger partial charge in [-0.3, -0.25) is 4.79 Å². The molecule has 2 rings (SSSR count). The molecule has 0 fully saturated rings. The van der Waals surface area contributed by atoms with Gasteiger partial charge in [0, 0.05) is 27.1 Å². The predicted octanol–water partition coefficient (Wildman–Crippen LogP) is 3.85. The maximum Gasteiger partial charge on any atom is 0.163 e. The summed E-state index contributed by atoms with van der Waals surface area (Å²) in [6, 6.07) is 5.55. The van der Waals surface area contributed by atoms with Gasteiger partial charge in [0.25, 0.3) is 0 Å². The van der Waals surface area contributed by atoms with Crippen molar-refractivity contribution in [2.45, 2.75) is 12.8 Å². The van der Waals surface area contributed by atoms with Gasteiger partial charge in [0.15, 0.2) is 5.78 Å². The number of hydrogen-bond acceptors (Lipinski definition) is 1. The molecular weight excluding hydrogens is 263 g/mol. The Kier molecular flexibility index (Phi) is 2.75. The van der Waals surface area contributed by atoms with Gasteiger partial charge in [0.05, 0.1) is 0 Å². The first-order valence-electron chi connectivity index (χ1n) is 4.38. The predicted molar refractivity (Wildman–Crippen MR) is 61.4 cm³/mol. The monoisotopic (exact) mass is 270 g/mol. The normalized spacial score (nSPS) is 15.9. The minimum Gasteiger partial charge on any atom is -0.294 e. The summed E-state index contributed by atoms with van der Waals surface area (Å²) in [4.78, 5) is 11.5. The van der Waals surface area contributed by atoms with E-state index in [1.165, 1.54) is 0 Å². The van der Waals surface area contributed by atoms with Crippen LogP contribution in [0.1, 0.15) is 18.4 Å². The SMILES string of the molecule is O=C1CCC=C1c1c(Cl)cccc1Br. The zero-order valence-corrected chi connectivity index (χ0v) is 9.73. The lowest BCUT2D eigenvalue weighted by Crippen LogP contribution is -1.96. The Morgan fingerprint density at radius 2 is 2.14 bits per heavy atom. The molecule has 0 radical (unpaired) electrons. The van der Waals surface area contributed by atoms with E-state index >= 15 is 0 Å². The smallest absolute Gasteiger partial charge is 0.163 e. The fourth-order valence-corrected chi connectivity index (χ4v) is 2.56. The van der Waals surface area contributed by atoms with Crippen molar-refractivity contribution in [3.63, 3.8) is 0 Å². The van der Waals surface area contributed by atoms with Crippen LogP contribution in [-0.4, -0.2) is 5.78 Å². The molecule has 0 saturated heterocycles. The van der Waals surface area contributed by atoms with E-state index in [4.69, 9.17) is 11.6 Å². The van der Waals surface area contributed by atoms with Crippen LogP contribution < -0.4 is 0 Å². The Labute approximate surface area is 95.9 Å². The van der Waals surface area contributed by atoms with E-state index in [1.54, 1.807) is 6.07 Å². The lowest BCUT2D eigenvalue weighted by Gasteiger charge is -2.06. The molecular formula is C11H8BrClO. The van der Waals surface area contributed by atoms with Gasteiger partial charge < -0.3 is 0 Å². The second-order valence-electron chi connectivity index (χ2n) is 3.18. The van der Waals surface area contributed by atoms with Gasteiger partial charge in [-0.05, 0) is 18.6 Å². The van der Waals surface area contributed by atoms with Crippen LogP contribution in [0.5, 0.6) is 0 Å². The second kappa shape index (κ2) is 3.87. The van der Waals surface area contributed by atoms with Crippen LogP contribution in [0.4, 0.5) is 0 Å². The Morgan fingerprint density at radius 1 is 1.36 bits per heavy atom. The highest BCUT2D eigenvalue weighted by atomic mass is 79.9. The summed E-state index contributed by atoms with van der Waals surface area (Å²) in [6.45, 7) is 0. The summed E-state index contributed by atoms with van der Waals surface area (Å²) >= 11 is 9.46. The fourth-order valence-electron chi connectivity index (χ4n) is 1.59. The zero-order valence-electron chi connectivity index (χ0n) is 7.39. The van der Waals surface area contributed by atoms with Crippen LogP contribution in [0.15, 0.2) is 28.7 Å². The molecule has 1 aliphatic carbocycles. The Balaban J connectivity index is 2.56. The number of Topliss-reactive ketones (excluding diaryl/α,β-unsaturated/α-hetero) is 1. The molecule has 0 saturated carbocycles. The van der Waals surface area contributed by atoms with Crippen molar-refractivity contribution < 1.29 is 4.79 Å². The lowest BCUT2D eigenvalue weighted by molar-refractivity contribution is -0.113. The largest absolute Gasteiger partial charge is 0.294 e. The molecule has 1 aliphatic rings. The average Bonchev–Trinajstić information content (AvgIpc) is 2.52. The van der Waals surface area contributed by atoms with Crippen LogP contribution in [-0.2, 0) is 4.79 Å². The molecule has 0 N–H and O–H groups in total. The lowest BCUT2D eigenvalue weighted by atomic mass is 10.0. The molecule has 0 spiro atoms. The molecule has 14 heavy (non-hydrogen) atoms. The van der Waals surface area contributed by atoms with E-state index in [9.17, 15) is 4.79 Å². The third kappa shape index (κ3) is 1.64. The van der Waals surface area contributed by atoms with Gasteiger partial charge in [0.2, 0.25) is 0 Å². The van der Waals surface area contributed by atoms with Gasteiger partial charge in [-0.1, -0.05) is 39.7 Å². The highest BCUT2D eigenvalue weighted by Gasteiger charge is 2.20. The van der Waals surface area contributed by atoms with Crippen molar-refractivity contribution in [1.29, 1.82) is 0 Å². The number of allylic oxidation sites excluding steroid dienone is 2. The van der Waals surface area contributed by atoms with Gasteiger partial charge in [-0.25, -0.2) is 0 Å². The first-order chi connectivity index (χ1) is 6.70. The molecule has 0 amide bonds. The van der Waals surface area contributed by atoms with Gasteiger partial charge in [-0.15, -0.1) is 0 Å². The van der Waals surface area contributed by atoms with E-state index in [1.807, 2.05) is 18.2 Å². The molecule has 1 nitrogen and oxygen atoms in total. The minimum absolute atomic E-state index is 0.179. The van der Waals surface area contributed by atoms with Crippen molar-refractivity contribution in [1.82, 2.24) is 0 Å². The van der Waals surface area contributed by atoms with Crippen LogP contribution in [0.3, 0.4) is 0 Å². The van der Waals surface area contributed by atoms with Crippen molar-refractivity contribution in [3.8, 4) is 0 Å². The number of halogens is 2. The second-order valence-corrected chi connectivity index (χ2v) is 4.44. The topological polar surface area (TPSA) is 17.1 Å². The van der Waals surface area contributed by atoms with Crippen molar-refractivity contribution >= 4 is 38.9 Å². The van der Waals surface area contributed by atoms with Crippen LogP contribution >= 0.6 is 27.5 Å². The standard InChI is InChI=1S/C11H8BrClO/c12-8-4-2-5-9(13)11(8)7-3-1-6-10(7)14/h2-5H,1,6H2. The number of ketones is 1. The third-order valence-corrected chi connectivity index (χ3v) is 3.23. The van der Waals surface area contributed by atoms with E-state index in [2.05, 4.69) is 15.9 Å². The Morgan fingerprint density at radius 3 is 2.71 bits per heavy atom. The number of rotatable bonds is 1. The maximum absolute atomic E-state index is 11.5. The summed E-state index contributed by atoms with van der Waals surface area (Å²) < 4.78 is 0.881. The molecule has 0 heterocycles. The number of benzene rings is 1. The summed E-state index contributed by atoms with van der Waals surface area (Å²) in [5.41, 5.74) is 1.58. The zero-order chi connectivity index (χ0) is 10.1. The molecule has 0 aliphatic heterocycles. The van der Waals surface area contributed by atoms with Crippen molar-refractivity contribution in [3.05, 3.63) is 39.3 Å². The fraction of sp³-hybridized carbons (Fsp3) is 0.182. The van der Waals surface area contributed by atoms with Gasteiger partial charge in [-0.2, -0.15) is 0 Å². The summed E-state index contributed by atoms with van der Waals surface area (Å²) in [6.07, 6.45) is 3.38. The molecule has 3 heteroatoms. The number of carbonyl (C=O) groups excluding carboxylic acids is 1. The molecule has 0 aromatic heterocycles. The molecule has 72 valence electrons. The van der Waals surface area contributed by atoms with Crippen LogP contribution in [0, 0.1) is 0 Å². The quantitative estimate of drug-likeness (QED) is 0.758. The highest BCUT2D eigenvalue weighted by Crippen LogP contribution is 2.35. The van der Waals surface area contributed by atoms with Crippen molar-refractivity contribution in [2.24, 2.45) is 0 Å².